The SMILES string of the molecule is O=C(CCc1cccc(Cl)c1)NCC1CN(C2CC2)C(=O)O1. The van der Waals surface area contributed by atoms with Crippen LogP contribution in [0.4, 0.5) is 4.79 Å². The number of nitrogens with one attached hydrogen (secondary N) is 1. The van der Waals surface area contributed by atoms with Crippen molar-refractivity contribution in [1.82, 2.24) is 10.2 Å². The number of halogens is 1. The lowest BCUT2D eigenvalue weighted by Crippen LogP contribution is -2.35. The van der Waals surface area contributed by atoms with Crippen LogP contribution >= 0.6 is 11.6 Å². The largest absolute Gasteiger partial charge is 0.442 e. The van der Waals surface area contributed by atoms with Gasteiger partial charge in [-0.15, -0.1) is 0 Å². The molecule has 5 nitrogen and oxygen atoms in total. The molecular weight excluding hydrogens is 304 g/mol. The second-order valence-corrected chi connectivity index (χ2v) is 6.26. The summed E-state index contributed by atoms with van der Waals surface area (Å²) in [7, 11) is 0. The first-order valence-electron chi connectivity index (χ1n) is 7.60. The van der Waals surface area contributed by atoms with E-state index in [9.17, 15) is 9.59 Å². The Morgan fingerprint density at radius 3 is 2.95 bits per heavy atom. The van der Waals surface area contributed by atoms with Gasteiger partial charge in [-0.2, -0.15) is 0 Å². The predicted octanol–water partition coefficient (Wildman–Crippen LogP) is 2.37. The van der Waals surface area contributed by atoms with Gasteiger partial charge in [0.25, 0.3) is 0 Å². The lowest BCUT2D eigenvalue weighted by atomic mass is 10.1. The molecule has 2 fully saturated rings. The average Bonchev–Trinajstić information content (AvgIpc) is 3.26. The molecule has 22 heavy (non-hydrogen) atoms. The number of benzene rings is 1. The fourth-order valence-electron chi connectivity index (χ4n) is 2.60. The zero-order valence-corrected chi connectivity index (χ0v) is 13.0. The number of cyclic esters (lactones) is 1. The first kappa shape index (κ1) is 15.2. The number of amides is 2. The first-order chi connectivity index (χ1) is 10.6. The summed E-state index contributed by atoms with van der Waals surface area (Å²) in [5.41, 5.74) is 1.04. The predicted molar refractivity (Wildman–Crippen MR) is 82.8 cm³/mol. The molecule has 0 spiro atoms. The van der Waals surface area contributed by atoms with Gasteiger partial charge in [0.05, 0.1) is 13.1 Å². The minimum Gasteiger partial charge on any atom is -0.442 e. The highest BCUT2D eigenvalue weighted by Gasteiger charge is 2.40. The van der Waals surface area contributed by atoms with Gasteiger partial charge in [-0.3, -0.25) is 4.79 Å². The molecule has 1 atom stereocenters. The molecule has 3 rings (SSSR count). The van der Waals surface area contributed by atoms with Crippen LogP contribution in [-0.4, -0.2) is 42.1 Å². The monoisotopic (exact) mass is 322 g/mol. The van der Waals surface area contributed by atoms with E-state index in [4.69, 9.17) is 16.3 Å². The molecule has 1 aromatic rings. The highest BCUT2D eigenvalue weighted by Crippen LogP contribution is 2.30. The number of carbonyl (C=O) groups excluding carboxylic acids is 2. The third-order valence-corrected chi connectivity index (χ3v) is 4.18. The quantitative estimate of drug-likeness (QED) is 0.874. The van der Waals surface area contributed by atoms with Crippen LogP contribution in [0.5, 0.6) is 0 Å². The van der Waals surface area contributed by atoms with Crippen molar-refractivity contribution >= 4 is 23.6 Å². The van der Waals surface area contributed by atoms with Gasteiger partial charge >= 0.3 is 6.09 Å². The molecule has 0 radical (unpaired) electrons. The van der Waals surface area contributed by atoms with Gasteiger partial charge in [0.2, 0.25) is 5.91 Å². The molecular formula is C16H19ClN2O3. The van der Waals surface area contributed by atoms with E-state index in [0.29, 0.717) is 37.0 Å². The Labute approximate surface area is 134 Å². The molecule has 1 unspecified atom stereocenters. The molecule has 1 heterocycles. The summed E-state index contributed by atoms with van der Waals surface area (Å²) in [5, 5.41) is 3.51. The van der Waals surface area contributed by atoms with Gasteiger partial charge in [-0.1, -0.05) is 23.7 Å². The van der Waals surface area contributed by atoms with Crippen molar-refractivity contribution in [3.8, 4) is 0 Å². The highest BCUT2D eigenvalue weighted by atomic mass is 35.5. The zero-order valence-electron chi connectivity index (χ0n) is 12.3. The van der Waals surface area contributed by atoms with Gasteiger partial charge < -0.3 is 15.0 Å². The topological polar surface area (TPSA) is 58.6 Å². The van der Waals surface area contributed by atoms with Crippen LogP contribution in [-0.2, 0) is 16.0 Å². The average molecular weight is 323 g/mol. The van der Waals surface area contributed by atoms with Crippen molar-refractivity contribution < 1.29 is 14.3 Å². The number of hydrogen-bond donors (Lipinski definition) is 1. The van der Waals surface area contributed by atoms with Crippen molar-refractivity contribution in [3.63, 3.8) is 0 Å². The van der Waals surface area contributed by atoms with Crippen LogP contribution in [0.2, 0.25) is 5.02 Å². The highest BCUT2D eigenvalue weighted by molar-refractivity contribution is 6.30. The smallest absolute Gasteiger partial charge is 0.410 e. The van der Waals surface area contributed by atoms with E-state index in [1.807, 2.05) is 24.3 Å². The van der Waals surface area contributed by atoms with Gasteiger partial charge in [0.1, 0.15) is 6.10 Å². The van der Waals surface area contributed by atoms with Crippen LogP contribution in [0.15, 0.2) is 24.3 Å². The lowest BCUT2D eigenvalue weighted by Gasteiger charge is -2.11. The lowest BCUT2D eigenvalue weighted by molar-refractivity contribution is -0.121. The molecule has 118 valence electrons. The van der Waals surface area contributed by atoms with Gasteiger partial charge in [-0.25, -0.2) is 4.79 Å². The summed E-state index contributed by atoms with van der Waals surface area (Å²) >= 11 is 5.91. The maximum absolute atomic E-state index is 11.9. The number of nitrogens with zero attached hydrogens (tertiary/aromatic N) is 1. The second kappa shape index (κ2) is 6.57. The third kappa shape index (κ3) is 3.91. The molecule has 0 aromatic heterocycles. The molecule has 1 aliphatic heterocycles. The molecule has 1 N–H and O–H groups in total. The Balaban J connectivity index is 1.38. The summed E-state index contributed by atoms with van der Waals surface area (Å²) < 4.78 is 5.26. The fourth-order valence-corrected chi connectivity index (χ4v) is 2.81. The number of hydrogen-bond acceptors (Lipinski definition) is 3. The maximum Gasteiger partial charge on any atom is 0.410 e. The molecule has 2 amide bonds. The van der Waals surface area contributed by atoms with E-state index in [-0.39, 0.29) is 18.1 Å². The third-order valence-electron chi connectivity index (χ3n) is 3.95. The van der Waals surface area contributed by atoms with Crippen LogP contribution in [0, 0.1) is 0 Å². The number of ether oxygens (including phenoxy) is 1. The zero-order chi connectivity index (χ0) is 15.5. The van der Waals surface area contributed by atoms with Gasteiger partial charge in [0.15, 0.2) is 0 Å². The van der Waals surface area contributed by atoms with E-state index < -0.39 is 0 Å². The maximum atomic E-state index is 11.9. The molecule has 1 saturated carbocycles. The summed E-state index contributed by atoms with van der Waals surface area (Å²) in [6, 6.07) is 7.86. The first-order valence-corrected chi connectivity index (χ1v) is 7.98. The van der Waals surface area contributed by atoms with Crippen LogP contribution in [0.25, 0.3) is 0 Å². The van der Waals surface area contributed by atoms with Crippen molar-refractivity contribution in [2.24, 2.45) is 0 Å². The summed E-state index contributed by atoms with van der Waals surface area (Å²) in [6.45, 7) is 0.960. The normalized spacial score (nSPS) is 20.9. The minimum atomic E-state index is -0.249. The van der Waals surface area contributed by atoms with E-state index in [2.05, 4.69) is 5.32 Å². The molecule has 0 bridgehead atoms. The number of aryl methyl sites for hydroxylation is 1. The molecule has 6 heteroatoms. The number of carbonyl (C=O) groups is 2. The number of rotatable bonds is 6. The molecule has 1 aromatic carbocycles. The molecule has 1 aliphatic carbocycles. The van der Waals surface area contributed by atoms with Gasteiger partial charge in [-0.05, 0) is 37.0 Å². The Bertz CT molecular complexity index is 574. The van der Waals surface area contributed by atoms with Crippen LogP contribution in [0.3, 0.4) is 0 Å². The van der Waals surface area contributed by atoms with Gasteiger partial charge in [0, 0.05) is 17.5 Å². The van der Waals surface area contributed by atoms with E-state index >= 15 is 0 Å². The Morgan fingerprint density at radius 2 is 2.23 bits per heavy atom. The molecule has 1 saturated heterocycles. The fraction of sp³-hybridized carbons (Fsp3) is 0.500. The van der Waals surface area contributed by atoms with Crippen LogP contribution < -0.4 is 5.32 Å². The molecule has 2 aliphatic rings. The van der Waals surface area contributed by atoms with E-state index in [0.717, 1.165) is 18.4 Å². The summed E-state index contributed by atoms with van der Waals surface area (Å²) in [5.74, 6) is -0.0408. The van der Waals surface area contributed by atoms with Crippen molar-refractivity contribution in [3.05, 3.63) is 34.9 Å². The minimum absolute atomic E-state index is 0.0408. The Morgan fingerprint density at radius 1 is 1.41 bits per heavy atom. The van der Waals surface area contributed by atoms with Crippen molar-refractivity contribution in [2.75, 3.05) is 13.1 Å². The standard InChI is InChI=1S/C16H19ClN2O3/c17-12-3-1-2-11(8-12)4-7-15(20)18-9-14-10-19(13-5-6-13)16(21)22-14/h1-3,8,13-14H,4-7,9-10H2,(H,18,20). The Hall–Kier alpha value is -1.75. The van der Waals surface area contributed by atoms with E-state index in [1.54, 1.807) is 4.90 Å². The van der Waals surface area contributed by atoms with Crippen LogP contribution in [0.1, 0.15) is 24.8 Å². The second-order valence-electron chi connectivity index (χ2n) is 5.82. The summed E-state index contributed by atoms with van der Waals surface area (Å²) in [4.78, 5) is 25.3. The summed E-state index contributed by atoms with van der Waals surface area (Å²) in [6.07, 6.45) is 2.68. The van der Waals surface area contributed by atoms with Crippen molar-refractivity contribution in [1.29, 1.82) is 0 Å². The van der Waals surface area contributed by atoms with Crippen molar-refractivity contribution in [2.45, 2.75) is 37.8 Å². The van der Waals surface area contributed by atoms with E-state index in [1.165, 1.54) is 0 Å². The Kier molecular flexibility index (Phi) is 4.52.